The molecule has 0 saturated carbocycles. The van der Waals surface area contributed by atoms with E-state index in [9.17, 15) is 14.7 Å². The van der Waals surface area contributed by atoms with E-state index < -0.39 is 17.7 Å². The molecule has 1 aliphatic rings. The first-order chi connectivity index (χ1) is 18.2. The van der Waals surface area contributed by atoms with Gasteiger partial charge in [0, 0.05) is 11.3 Å². The largest absolute Gasteiger partial charge is 0.507 e. The van der Waals surface area contributed by atoms with Crippen molar-refractivity contribution in [2.75, 3.05) is 4.90 Å². The standard InChI is InChI=1S/C34H39NO4/c1-21(2)39-27-19-11-23(12-20-27)30(36)28-29(22-9-13-24(14-10-22)33(3,4)5)35(32(38)31(28)37)26-17-15-25(16-18-26)34(6,7)8/h9-21,29,36H,1-8H3/b30-28-. The Kier molecular flexibility index (Phi) is 7.48. The van der Waals surface area contributed by atoms with Crippen molar-refractivity contribution in [2.24, 2.45) is 0 Å². The van der Waals surface area contributed by atoms with Crippen LogP contribution in [0.2, 0.25) is 0 Å². The fourth-order valence-corrected chi connectivity index (χ4v) is 4.82. The lowest BCUT2D eigenvalue weighted by atomic mass is 9.85. The molecule has 1 unspecified atom stereocenters. The molecule has 1 saturated heterocycles. The number of anilines is 1. The third-order valence-electron chi connectivity index (χ3n) is 7.05. The second kappa shape index (κ2) is 10.4. The van der Waals surface area contributed by atoms with Crippen LogP contribution in [0.15, 0.2) is 78.4 Å². The average Bonchev–Trinajstić information content (AvgIpc) is 3.13. The van der Waals surface area contributed by atoms with Gasteiger partial charge in [-0.2, -0.15) is 0 Å². The van der Waals surface area contributed by atoms with Crippen molar-refractivity contribution in [1.29, 1.82) is 0 Å². The quantitative estimate of drug-likeness (QED) is 0.211. The first-order valence-electron chi connectivity index (χ1n) is 13.5. The number of aliphatic hydroxyl groups excluding tert-OH is 1. The van der Waals surface area contributed by atoms with Crippen molar-refractivity contribution in [3.05, 3.63) is 101 Å². The first-order valence-corrected chi connectivity index (χ1v) is 13.5. The van der Waals surface area contributed by atoms with E-state index in [4.69, 9.17) is 4.74 Å². The molecule has 0 bridgehead atoms. The summed E-state index contributed by atoms with van der Waals surface area (Å²) >= 11 is 0. The molecule has 1 atom stereocenters. The zero-order valence-electron chi connectivity index (χ0n) is 24.2. The normalized spacial score (nSPS) is 17.7. The van der Waals surface area contributed by atoms with E-state index in [1.165, 1.54) is 4.90 Å². The minimum Gasteiger partial charge on any atom is -0.507 e. The summed E-state index contributed by atoms with van der Waals surface area (Å²) in [4.78, 5) is 28.6. The van der Waals surface area contributed by atoms with E-state index in [1.807, 2.05) is 62.4 Å². The average molecular weight is 526 g/mol. The highest BCUT2D eigenvalue weighted by Gasteiger charge is 2.47. The van der Waals surface area contributed by atoms with Crippen molar-refractivity contribution in [2.45, 2.75) is 78.4 Å². The molecule has 0 aliphatic carbocycles. The Hall–Kier alpha value is -3.86. The minimum absolute atomic E-state index is 0.00973. The SMILES string of the molecule is CC(C)Oc1ccc(/C(O)=C2/C(=O)C(=O)N(c3ccc(C(C)(C)C)cc3)C2c2ccc(C(C)(C)C)cc2)cc1. The number of carbonyl (C=O) groups is 2. The maximum absolute atomic E-state index is 13.5. The van der Waals surface area contributed by atoms with Crippen LogP contribution >= 0.6 is 0 Å². The van der Waals surface area contributed by atoms with Gasteiger partial charge in [0.25, 0.3) is 11.7 Å². The van der Waals surface area contributed by atoms with Gasteiger partial charge in [0.15, 0.2) is 0 Å². The molecule has 0 radical (unpaired) electrons. The van der Waals surface area contributed by atoms with E-state index in [1.54, 1.807) is 24.3 Å². The van der Waals surface area contributed by atoms with Crippen LogP contribution in [0.3, 0.4) is 0 Å². The van der Waals surface area contributed by atoms with Gasteiger partial charge in [0.1, 0.15) is 11.5 Å². The number of amides is 1. The molecule has 1 N–H and O–H groups in total. The Morgan fingerprint density at radius 1 is 0.769 bits per heavy atom. The molecule has 1 aliphatic heterocycles. The number of aliphatic hydroxyl groups is 1. The van der Waals surface area contributed by atoms with E-state index in [2.05, 4.69) is 41.5 Å². The number of ketones is 1. The van der Waals surface area contributed by atoms with Crippen LogP contribution in [0.25, 0.3) is 5.76 Å². The Morgan fingerprint density at radius 2 is 1.26 bits per heavy atom. The number of nitrogens with zero attached hydrogens (tertiary/aromatic N) is 1. The lowest BCUT2D eigenvalue weighted by Gasteiger charge is -2.27. The Morgan fingerprint density at radius 3 is 1.72 bits per heavy atom. The summed E-state index contributed by atoms with van der Waals surface area (Å²) in [5.74, 6) is -0.914. The number of hydrogen-bond acceptors (Lipinski definition) is 4. The number of Topliss-reactive ketones (excluding diaryl/α,β-unsaturated/α-hetero) is 1. The fraction of sp³-hybridized carbons (Fsp3) is 0.353. The Balaban J connectivity index is 1.86. The van der Waals surface area contributed by atoms with Gasteiger partial charge in [-0.1, -0.05) is 77.9 Å². The van der Waals surface area contributed by atoms with Crippen LogP contribution in [-0.4, -0.2) is 22.9 Å². The molecular weight excluding hydrogens is 486 g/mol. The van der Waals surface area contributed by atoms with Gasteiger partial charge in [-0.15, -0.1) is 0 Å². The first kappa shape index (κ1) is 28.2. The number of benzene rings is 3. The van der Waals surface area contributed by atoms with Gasteiger partial charge in [-0.25, -0.2) is 0 Å². The van der Waals surface area contributed by atoms with Crippen LogP contribution < -0.4 is 9.64 Å². The van der Waals surface area contributed by atoms with Crippen LogP contribution in [0.5, 0.6) is 5.75 Å². The van der Waals surface area contributed by atoms with Crippen LogP contribution in [0, 0.1) is 0 Å². The van der Waals surface area contributed by atoms with Crippen LogP contribution in [0.1, 0.15) is 83.7 Å². The molecule has 1 amide bonds. The number of carbonyl (C=O) groups excluding carboxylic acids is 2. The van der Waals surface area contributed by atoms with Gasteiger partial charge >= 0.3 is 0 Å². The number of rotatable bonds is 5. The smallest absolute Gasteiger partial charge is 0.300 e. The summed E-state index contributed by atoms with van der Waals surface area (Å²) in [5.41, 5.74) is 4.03. The molecular formula is C34H39NO4. The fourth-order valence-electron chi connectivity index (χ4n) is 4.82. The molecule has 3 aromatic carbocycles. The number of hydrogen-bond donors (Lipinski definition) is 1. The maximum Gasteiger partial charge on any atom is 0.300 e. The Bertz CT molecular complexity index is 1380. The predicted octanol–water partition coefficient (Wildman–Crippen LogP) is 7.70. The van der Waals surface area contributed by atoms with Crippen molar-refractivity contribution < 1.29 is 19.4 Å². The number of ether oxygens (including phenoxy) is 1. The van der Waals surface area contributed by atoms with E-state index in [0.29, 0.717) is 17.0 Å². The topological polar surface area (TPSA) is 66.8 Å². The Labute approximate surface area is 232 Å². The summed E-state index contributed by atoms with van der Waals surface area (Å²) in [6, 6.07) is 21.8. The molecule has 1 heterocycles. The van der Waals surface area contributed by atoms with Crippen molar-refractivity contribution in [3.63, 3.8) is 0 Å². The van der Waals surface area contributed by atoms with Gasteiger partial charge in [0.05, 0.1) is 17.7 Å². The monoisotopic (exact) mass is 525 g/mol. The highest BCUT2D eigenvalue weighted by Crippen LogP contribution is 2.43. The van der Waals surface area contributed by atoms with Gasteiger partial charge in [0.2, 0.25) is 0 Å². The van der Waals surface area contributed by atoms with E-state index in [0.717, 1.165) is 16.7 Å². The zero-order chi connectivity index (χ0) is 28.7. The highest BCUT2D eigenvalue weighted by atomic mass is 16.5. The molecule has 204 valence electrons. The molecule has 5 heteroatoms. The molecule has 3 aromatic rings. The second-order valence-electron chi connectivity index (χ2n) is 12.5. The lowest BCUT2D eigenvalue weighted by molar-refractivity contribution is -0.132. The molecule has 39 heavy (non-hydrogen) atoms. The molecule has 0 spiro atoms. The summed E-state index contributed by atoms with van der Waals surface area (Å²) in [7, 11) is 0. The van der Waals surface area contributed by atoms with Crippen LogP contribution in [0.4, 0.5) is 5.69 Å². The zero-order valence-corrected chi connectivity index (χ0v) is 24.2. The van der Waals surface area contributed by atoms with E-state index in [-0.39, 0.29) is 28.3 Å². The summed E-state index contributed by atoms with van der Waals surface area (Å²) in [6.07, 6.45) is 0.00973. The van der Waals surface area contributed by atoms with Crippen molar-refractivity contribution in [3.8, 4) is 5.75 Å². The minimum atomic E-state index is -0.772. The third kappa shape index (κ3) is 5.78. The van der Waals surface area contributed by atoms with Gasteiger partial charge in [-0.3, -0.25) is 14.5 Å². The molecule has 5 nitrogen and oxygen atoms in total. The van der Waals surface area contributed by atoms with E-state index >= 15 is 0 Å². The predicted molar refractivity (Wildman–Crippen MR) is 157 cm³/mol. The summed E-state index contributed by atoms with van der Waals surface area (Å²) in [5, 5.41) is 11.5. The highest BCUT2D eigenvalue weighted by molar-refractivity contribution is 6.51. The van der Waals surface area contributed by atoms with Crippen molar-refractivity contribution in [1.82, 2.24) is 0 Å². The van der Waals surface area contributed by atoms with Gasteiger partial charge in [-0.05, 0) is 77.8 Å². The third-order valence-corrected chi connectivity index (χ3v) is 7.05. The molecule has 0 aromatic heterocycles. The van der Waals surface area contributed by atoms with Crippen molar-refractivity contribution >= 4 is 23.1 Å². The molecule has 1 fully saturated rings. The maximum atomic E-state index is 13.5. The second-order valence-corrected chi connectivity index (χ2v) is 12.5. The van der Waals surface area contributed by atoms with Gasteiger partial charge < -0.3 is 9.84 Å². The molecule has 4 rings (SSSR count). The lowest BCUT2D eigenvalue weighted by Crippen LogP contribution is -2.29. The summed E-state index contributed by atoms with van der Waals surface area (Å²) in [6.45, 7) is 16.7. The van der Waals surface area contributed by atoms with Crippen LogP contribution in [-0.2, 0) is 20.4 Å². The summed E-state index contributed by atoms with van der Waals surface area (Å²) < 4.78 is 5.72.